The Morgan fingerprint density at radius 1 is 1.42 bits per heavy atom. The lowest BCUT2D eigenvalue weighted by atomic mass is 10.2. The highest BCUT2D eigenvalue weighted by Gasteiger charge is 2.29. The summed E-state index contributed by atoms with van der Waals surface area (Å²) in [7, 11) is 1.58. The van der Waals surface area contributed by atoms with E-state index < -0.39 is 6.04 Å². The third-order valence-electron chi connectivity index (χ3n) is 3.10. The zero-order chi connectivity index (χ0) is 13.8. The number of rotatable bonds is 2. The Hall–Kier alpha value is -2.24. The second kappa shape index (κ2) is 5.60. The molecule has 6 heteroatoms. The van der Waals surface area contributed by atoms with Crippen molar-refractivity contribution in [2.75, 3.05) is 25.5 Å². The standard InChI is InChI=1S/C13H17N3O3/c1-9-12(17)14-7-8-16(9)13(18)15-10-3-5-11(19-2)6-4-10/h3-6,9H,7-8H2,1-2H3,(H,14,17)(H,15,18). The Morgan fingerprint density at radius 2 is 2.11 bits per heavy atom. The molecule has 2 N–H and O–H groups in total. The number of carbonyl (C=O) groups is 2. The van der Waals surface area contributed by atoms with Gasteiger partial charge in [-0.2, -0.15) is 0 Å². The SMILES string of the molecule is COc1ccc(NC(=O)N2CCNC(=O)C2C)cc1. The number of amides is 3. The summed E-state index contributed by atoms with van der Waals surface area (Å²) in [6, 6.07) is 6.32. The molecule has 1 fully saturated rings. The number of hydrogen-bond acceptors (Lipinski definition) is 3. The van der Waals surface area contributed by atoms with Crippen LogP contribution < -0.4 is 15.4 Å². The molecule has 1 aliphatic rings. The smallest absolute Gasteiger partial charge is 0.322 e. The lowest BCUT2D eigenvalue weighted by Crippen LogP contribution is -2.56. The van der Waals surface area contributed by atoms with Gasteiger partial charge in [-0.3, -0.25) is 4.79 Å². The quantitative estimate of drug-likeness (QED) is 0.837. The number of nitrogens with zero attached hydrogens (tertiary/aromatic N) is 1. The molecule has 1 saturated heterocycles. The van der Waals surface area contributed by atoms with E-state index in [0.717, 1.165) is 5.75 Å². The first-order chi connectivity index (χ1) is 9.11. The summed E-state index contributed by atoms with van der Waals surface area (Å²) in [4.78, 5) is 25.1. The zero-order valence-electron chi connectivity index (χ0n) is 11.0. The van der Waals surface area contributed by atoms with Crippen molar-refractivity contribution in [3.05, 3.63) is 24.3 Å². The predicted octanol–water partition coefficient (Wildman–Crippen LogP) is 1.05. The number of piperazine rings is 1. The molecule has 2 rings (SSSR count). The van der Waals surface area contributed by atoms with E-state index in [1.54, 1.807) is 38.3 Å². The maximum Gasteiger partial charge on any atom is 0.322 e. The number of anilines is 1. The van der Waals surface area contributed by atoms with Crippen molar-refractivity contribution in [1.82, 2.24) is 10.2 Å². The highest BCUT2D eigenvalue weighted by molar-refractivity contribution is 5.94. The van der Waals surface area contributed by atoms with Gasteiger partial charge in [-0.25, -0.2) is 4.79 Å². The van der Waals surface area contributed by atoms with E-state index in [-0.39, 0.29) is 11.9 Å². The molecular formula is C13H17N3O3. The molecule has 0 aromatic heterocycles. The van der Waals surface area contributed by atoms with Gasteiger partial charge in [-0.05, 0) is 31.2 Å². The number of urea groups is 1. The first-order valence-corrected chi connectivity index (χ1v) is 6.11. The van der Waals surface area contributed by atoms with E-state index in [0.29, 0.717) is 18.8 Å². The van der Waals surface area contributed by atoms with E-state index in [1.807, 2.05) is 0 Å². The van der Waals surface area contributed by atoms with Crippen molar-refractivity contribution in [3.8, 4) is 5.75 Å². The maximum atomic E-state index is 12.1. The lowest BCUT2D eigenvalue weighted by molar-refractivity contribution is -0.126. The van der Waals surface area contributed by atoms with Gasteiger partial charge in [0.2, 0.25) is 5.91 Å². The first kappa shape index (κ1) is 13.2. The van der Waals surface area contributed by atoms with Crippen LogP contribution in [0.1, 0.15) is 6.92 Å². The number of benzene rings is 1. The molecule has 1 aliphatic heterocycles. The average molecular weight is 263 g/mol. The molecule has 0 saturated carbocycles. The monoisotopic (exact) mass is 263 g/mol. The van der Waals surface area contributed by atoms with E-state index in [9.17, 15) is 9.59 Å². The Kier molecular flexibility index (Phi) is 3.89. The zero-order valence-corrected chi connectivity index (χ0v) is 11.0. The lowest BCUT2D eigenvalue weighted by Gasteiger charge is -2.32. The van der Waals surface area contributed by atoms with Crippen LogP contribution in [0.4, 0.5) is 10.5 Å². The average Bonchev–Trinajstić information content (AvgIpc) is 2.42. The number of ether oxygens (including phenoxy) is 1. The van der Waals surface area contributed by atoms with Crippen LogP contribution in [0.25, 0.3) is 0 Å². The van der Waals surface area contributed by atoms with E-state index in [2.05, 4.69) is 10.6 Å². The Morgan fingerprint density at radius 3 is 2.74 bits per heavy atom. The molecule has 19 heavy (non-hydrogen) atoms. The number of methoxy groups -OCH3 is 1. The molecule has 0 spiro atoms. The minimum atomic E-state index is -0.452. The summed E-state index contributed by atoms with van der Waals surface area (Å²) in [6.07, 6.45) is 0. The summed E-state index contributed by atoms with van der Waals surface area (Å²) < 4.78 is 5.05. The summed E-state index contributed by atoms with van der Waals surface area (Å²) in [6.45, 7) is 2.70. The van der Waals surface area contributed by atoms with Crippen LogP contribution in [0.15, 0.2) is 24.3 Å². The van der Waals surface area contributed by atoms with Gasteiger partial charge in [0.15, 0.2) is 0 Å². The van der Waals surface area contributed by atoms with Gasteiger partial charge in [-0.15, -0.1) is 0 Å². The van der Waals surface area contributed by atoms with Gasteiger partial charge in [0.05, 0.1) is 7.11 Å². The van der Waals surface area contributed by atoms with Crippen molar-refractivity contribution in [3.63, 3.8) is 0 Å². The van der Waals surface area contributed by atoms with Crippen LogP contribution in [0.3, 0.4) is 0 Å². The van der Waals surface area contributed by atoms with Gasteiger partial charge in [0.25, 0.3) is 0 Å². The van der Waals surface area contributed by atoms with Crippen molar-refractivity contribution >= 4 is 17.6 Å². The molecule has 102 valence electrons. The topological polar surface area (TPSA) is 70.7 Å². The number of carbonyl (C=O) groups excluding carboxylic acids is 2. The third-order valence-corrected chi connectivity index (χ3v) is 3.10. The van der Waals surface area contributed by atoms with E-state index in [1.165, 1.54) is 4.90 Å². The van der Waals surface area contributed by atoms with Crippen LogP contribution in [-0.4, -0.2) is 43.1 Å². The molecule has 0 radical (unpaired) electrons. The van der Waals surface area contributed by atoms with Gasteiger partial charge < -0.3 is 20.3 Å². The van der Waals surface area contributed by atoms with Crippen molar-refractivity contribution in [2.45, 2.75) is 13.0 Å². The second-order valence-corrected chi connectivity index (χ2v) is 4.32. The second-order valence-electron chi connectivity index (χ2n) is 4.32. The molecule has 1 heterocycles. The van der Waals surface area contributed by atoms with E-state index >= 15 is 0 Å². The third kappa shape index (κ3) is 2.96. The van der Waals surface area contributed by atoms with Crippen LogP contribution in [0, 0.1) is 0 Å². The fourth-order valence-corrected chi connectivity index (χ4v) is 1.93. The molecule has 1 aromatic rings. The highest BCUT2D eigenvalue weighted by atomic mass is 16.5. The Balaban J connectivity index is 2.01. The molecule has 3 amide bonds. The summed E-state index contributed by atoms with van der Waals surface area (Å²) in [5.41, 5.74) is 0.670. The molecule has 6 nitrogen and oxygen atoms in total. The molecule has 1 aromatic carbocycles. The van der Waals surface area contributed by atoms with Crippen LogP contribution in [-0.2, 0) is 4.79 Å². The predicted molar refractivity (Wildman–Crippen MR) is 71.2 cm³/mol. The van der Waals surface area contributed by atoms with Gasteiger partial charge >= 0.3 is 6.03 Å². The summed E-state index contributed by atoms with van der Waals surface area (Å²) in [5, 5.41) is 5.48. The largest absolute Gasteiger partial charge is 0.497 e. The molecule has 0 bridgehead atoms. The van der Waals surface area contributed by atoms with Crippen molar-refractivity contribution < 1.29 is 14.3 Å². The number of hydrogen-bond donors (Lipinski definition) is 2. The van der Waals surface area contributed by atoms with Crippen LogP contribution in [0.2, 0.25) is 0 Å². The maximum absolute atomic E-state index is 12.1. The Labute approximate surface area is 111 Å². The highest BCUT2D eigenvalue weighted by Crippen LogP contribution is 2.16. The fraction of sp³-hybridized carbons (Fsp3) is 0.385. The molecule has 1 unspecified atom stereocenters. The van der Waals surface area contributed by atoms with Gasteiger partial charge in [0, 0.05) is 18.8 Å². The van der Waals surface area contributed by atoms with Gasteiger partial charge in [-0.1, -0.05) is 0 Å². The fourth-order valence-electron chi connectivity index (χ4n) is 1.93. The Bertz CT molecular complexity index is 473. The molecular weight excluding hydrogens is 246 g/mol. The van der Waals surface area contributed by atoms with E-state index in [4.69, 9.17) is 4.74 Å². The van der Waals surface area contributed by atoms with Crippen LogP contribution in [0.5, 0.6) is 5.75 Å². The van der Waals surface area contributed by atoms with Crippen LogP contribution >= 0.6 is 0 Å². The van der Waals surface area contributed by atoms with Crippen molar-refractivity contribution in [1.29, 1.82) is 0 Å². The first-order valence-electron chi connectivity index (χ1n) is 6.11. The molecule has 1 atom stereocenters. The van der Waals surface area contributed by atoms with Crippen molar-refractivity contribution in [2.24, 2.45) is 0 Å². The normalized spacial score (nSPS) is 18.7. The minimum Gasteiger partial charge on any atom is -0.497 e. The summed E-state index contributed by atoms with van der Waals surface area (Å²) >= 11 is 0. The van der Waals surface area contributed by atoms with Gasteiger partial charge in [0.1, 0.15) is 11.8 Å². The minimum absolute atomic E-state index is 0.129. The molecule has 0 aliphatic carbocycles. The summed E-state index contributed by atoms with van der Waals surface area (Å²) in [5.74, 6) is 0.597. The number of nitrogens with one attached hydrogen (secondary N) is 2.